The van der Waals surface area contributed by atoms with Crippen molar-refractivity contribution in [1.82, 2.24) is 43.8 Å². The first kappa shape index (κ1) is 42.2. The number of rotatable bonds is 14. The van der Waals surface area contributed by atoms with Gasteiger partial charge in [0.1, 0.15) is 41.0 Å². The van der Waals surface area contributed by atoms with Crippen LogP contribution in [0.3, 0.4) is 0 Å². The number of nitrogen functional groups attached to an aromatic ring is 1. The van der Waals surface area contributed by atoms with E-state index in [9.17, 15) is 19.1 Å². The number of hydrogen-bond acceptors (Lipinski definition) is 12. The number of aromatic nitrogens is 8. The van der Waals surface area contributed by atoms with Crippen molar-refractivity contribution >= 4 is 40.0 Å². The second kappa shape index (κ2) is 18.7. The molecule has 2 aliphatic rings. The Kier molecular flexibility index (Phi) is 12.3. The van der Waals surface area contributed by atoms with Crippen LogP contribution in [0.15, 0.2) is 108 Å². The zero-order chi connectivity index (χ0) is 44.2. The van der Waals surface area contributed by atoms with Gasteiger partial charge in [0.05, 0.1) is 36.1 Å². The van der Waals surface area contributed by atoms with Crippen LogP contribution in [0.4, 0.5) is 21.8 Å². The van der Waals surface area contributed by atoms with E-state index in [1.165, 1.54) is 17.0 Å². The lowest BCUT2D eigenvalue weighted by molar-refractivity contribution is -0.129. The van der Waals surface area contributed by atoms with E-state index in [0.29, 0.717) is 61.2 Å². The van der Waals surface area contributed by atoms with Crippen LogP contribution < -0.4 is 26.2 Å². The van der Waals surface area contributed by atoms with Crippen LogP contribution in [0.25, 0.3) is 27.9 Å². The average Bonchev–Trinajstić information content (AvgIpc) is 3.94. The van der Waals surface area contributed by atoms with Gasteiger partial charge in [0.15, 0.2) is 11.3 Å². The summed E-state index contributed by atoms with van der Waals surface area (Å²) in [5.74, 6) is 2.70. The number of halogens is 1. The normalized spacial score (nSPS) is 17.0. The Morgan fingerprint density at radius 1 is 1.00 bits per heavy atom. The molecule has 16 nitrogen and oxygen atoms in total. The number of amides is 1. The Morgan fingerprint density at radius 2 is 1.83 bits per heavy atom. The first-order valence-electron chi connectivity index (χ1n) is 21.9. The van der Waals surface area contributed by atoms with Gasteiger partial charge in [-0.25, -0.2) is 24.0 Å². The van der Waals surface area contributed by atoms with Crippen molar-refractivity contribution in [2.24, 2.45) is 0 Å². The van der Waals surface area contributed by atoms with Crippen LogP contribution in [0.5, 0.6) is 11.5 Å². The highest BCUT2D eigenvalue weighted by atomic mass is 19.1. The summed E-state index contributed by atoms with van der Waals surface area (Å²) in [6.07, 6.45) is 11.1. The number of ether oxygens (including phenoxy) is 1. The maximum Gasteiger partial charge on any atom is 0.254 e. The number of carbonyl (C=O) groups excluding carboxylic acids is 1. The molecule has 0 spiro atoms. The van der Waals surface area contributed by atoms with Gasteiger partial charge in [0.2, 0.25) is 0 Å². The first-order valence-corrected chi connectivity index (χ1v) is 21.9. The monoisotopic (exact) mass is 866 g/mol. The van der Waals surface area contributed by atoms with E-state index in [1.807, 2.05) is 66.9 Å². The Bertz CT molecular complexity index is 2860. The third kappa shape index (κ3) is 8.62. The van der Waals surface area contributed by atoms with Gasteiger partial charge in [0.25, 0.3) is 11.5 Å². The van der Waals surface area contributed by atoms with Crippen molar-refractivity contribution in [2.45, 2.75) is 77.0 Å². The summed E-state index contributed by atoms with van der Waals surface area (Å²) in [7, 11) is 0. The molecule has 2 saturated heterocycles. The highest BCUT2D eigenvalue weighted by Crippen LogP contribution is 2.35. The molecule has 64 heavy (non-hydrogen) atoms. The molecular formula is C47H51FN12O4. The molecule has 2 atom stereocenters. The van der Waals surface area contributed by atoms with Gasteiger partial charge in [-0.1, -0.05) is 31.2 Å². The first-order chi connectivity index (χ1) is 31.3. The second-order valence-corrected chi connectivity index (χ2v) is 16.3. The van der Waals surface area contributed by atoms with E-state index in [2.05, 4.69) is 32.2 Å². The largest absolute Gasteiger partial charge is 0.457 e. The quantitative estimate of drug-likeness (QED) is 0.0984. The van der Waals surface area contributed by atoms with Crippen molar-refractivity contribution in [3.8, 4) is 22.8 Å². The molecule has 2 fully saturated rings. The number of nitrogens with one attached hydrogen (secondary N) is 1. The zero-order valence-electron chi connectivity index (χ0n) is 35.7. The number of piperidine rings is 2. The SMILES string of the molecule is CCc1cnn2c(NCc3ccc(=O)n(C/C(=C/F)C(=O)N4CCC[C@@H](n5nc(-c6ccc(Oc7ccccc7)cc6)c6c(N)ncnc65)C4)c3)cc(N3CCCC[C@H]3CCO)nc12. The molecule has 0 unspecified atom stereocenters. The van der Waals surface area contributed by atoms with Crippen molar-refractivity contribution in [2.75, 3.05) is 42.2 Å². The summed E-state index contributed by atoms with van der Waals surface area (Å²) in [5.41, 5.74) is 10.4. The molecule has 2 aromatic carbocycles. The molecule has 0 bridgehead atoms. The molecule has 0 aliphatic carbocycles. The van der Waals surface area contributed by atoms with Gasteiger partial charge in [-0.15, -0.1) is 0 Å². The Morgan fingerprint density at radius 3 is 2.62 bits per heavy atom. The number of benzene rings is 2. The van der Waals surface area contributed by atoms with Gasteiger partial charge >= 0.3 is 0 Å². The van der Waals surface area contributed by atoms with Crippen LogP contribution in [-0.4, -0.2) is 87.1 Å². The third-order valence-corrected chi connectivity index (χ3v) is 12.2. The number of pyridine rings is 1. The van der Waals surface area contributed by atoms with E-state index in [4.69, 9.17) is 20.6 Å². The van der Waals surface area contributed by atoms with Crippen LogP contribution in [0.1, 0.15) is 62.6 Å². The summed E-state index contributed by atoms with van der Waals surface area (Å²) in [6.45, 7) is 3.74. The predicted octanol–water partition coefficient (Wildman–Crippen LogP) is 6.71. The third-order valence-electron chi connectivity index (χ3n) is 12.2. The van der Waals surface area contributed by atoms with Gasteiger partial charge in [0, 0.05) is 68.3 Å². The fourth-order valence-electron chi connectivity index (χ4n) is 8.90. The molecule has 4 N–H and O–H groups in total. The molecular weight excluding hydrogens is 816 g/mol. The number of carbonyl (C=O) groups is 1. The molecule has 1 amide bonds. The van der Waals surface area contributed by atoms with Crippen LogP contribution in [-0.2, 0) is 24.3 Å². The Hall–Kier alpha value is -7.14. The van der Waals surface area contributed by atoms with E-state index in [0.717, 1.165) is 72.0 Å². The van der Waals surface area contributed by atoms with E-state index < -0.39 is 5.91 Å². The van der Waals surface area contributed by atoms with E-state index >= 15 is 0 Å². The summed E-state index contributed by atoms with van der Waals surface area (Å²) in [5, 5.41) is 23.5. The number of anilines is 3. The van der Waals surface area contributed by atoms with Crippen molar-refractivity contribution in [3.63, 3.8) is 0 Å². The van der Waals surface area contributed by atoms with Gasteiger partial charge in [-0.05, 0) is 86.9 Å². The summed E-state index contributed by atoms with van der Waals surface area (Å²) in [6, 6.07) is 22.1. The lowest BCUT2D eigenvalue weighted by atomic mass is 9.99. The summed E-state index contributed by atoms with van der Waals surface area (Å²) < 4.78 is 25.7. The number of para-hydroxylation sites is 1. The number of fused-ring (bicyclic) bond motifs is 2. The number of aryl methyl sites for hydroxylation is 1. The molecule has 0 saturated carbocycles. The van der Waals surface area contributed by atoms with Crippen molar-refractivity contribution in [3.05, 3.63) is 125 Å². The highest BCUT2D eigenvalue weighted by molar-refractivity contribution is 5.98. The Balaban J connectivity index is 0.910. The highest BCUT2D eigenvalue weighted by Gasteiger charge is 2.31. The fourth-order valence-corrected chi connectivity index (χ4v) is 8.90. The fraction of sp³-hybridized carbons (Fsp3) is 0.340. The number of hydrogen-bond donors (Lipinski definition) is 3. The number of nitrogens with zero attached hydrogens (tertiary/aromatic N) is 10. The Labute approximate surface area is 368 Å². The number of aliphatic hydroxyl groups is 1. The van der Waals surface area contributed by atoms with Crippen molar-refractivity contribution < 1.29 is 19.0 Å². The molecule has 7 aromatic rings. The number of likely N-dealkylation sites (tertiary alicyclic amines) is 1. The van der Waals surface area contributed by atoms with Crippen LogP contribution in [0, 0.1) is 0 Å². The van der Waals surface area contributed by atoms with E-state index in [1.54, 1.807) is 26.4 Å². The topological polar surface area (TPSA) is 187 Å². The summed E-state index contributed by atoms with van der Waals surface area (Å²) >= 11 is 0. The minimum absolute atomic E-state index is 0.110. The van der Waals surface area contributed by atoms with Gasteiger partial charge in [-0.3, -0.25) is 9.59 Å². The molecule has 330 valence electrons. The molecule has 9 rings (SSSR count). The maximum atomic E-state index is 14.8. The minimum Gasteiger partial charge on any atom is -0.457 e. The smallest absolute Gasteiger partial charge is 0.254 e. The molecule has 0 radical (unpaired) electrons. The minimum atomic E-state index is -0.503. The van der Waals surface area contributed by atoms with Crippen LogP contribution >= 0.6 is 0 Å². The maximum absolute atomic E-state index is 14.8. The average molecular weight is 867 g/mol. The van der Waals surface area contributed by atoms with Crippen molar-refractivity contribution in [1.29, 1.82) is 0 Å². The molecule has 17 heteroatoms. The number of aliphatic hydroxyl groups excluding tert-OH is 1. The number of nitrogens with two attached hydrogens (primary N) is 1. The standard InChI is InChI=1S/C47H51FN12O4/c1-2-32-26-53-60-39(23-40(54-45(32)60)58-21-7-6-9-35(58)19-22-61)50-25-31-13-18-41(62)57(27-31)28-34(24-48)47(63)56-20-8-10-36(29-56)59-46-42(44(49)51-30-52-46)43(55-59)33-14-16-38(17-15-33)64-37-11-4-3-5-12-37/h3-5,11-18,23-24,26-27,30,35-36,50,61H,2,6-10,19-22,25,28-29H2,1H3,(H2,49,51,52)/b34-24-/t35-,36+/m0/s1. The summed E-state index contributed by atoms with van der Waals surface area (Å²) in [4.78, 5) is 45.0. The lowest BCUT2D eigenvalue weighted by Crippen LogP contribution is -2.42. The molecule has 2 aliphatic heterocycles. The van der Waals surface area contributed by atoms with Gasteiger partial charge < -0.3 is 35.3 Å². The zero-order valence-corrected chi connectivity index (χ0v) is 35.7. The van der Waals surface area contributed by atoms with Crippen LogP contribution in [0.2, 0.25) is 0 Å². The predicted molar refractivity (Wildman–Crippen MR) is 243 cm³/mol. The lowest BCUT2D eigenvalue weighted by Gasteiger charge is -2.36. The second-order valence-electron chi connectivity index (χ2n) is 16.3. The molecule has 5 aromatic heterocycles. The van der Waals surface area contributed by atoms with E-state index in [-0.39, 0.29) is 48.7 Å². The van der Waals surface area contributed by atoms with Gasteiger partial charge in [-0.2, -0.15) is 14.7 Å². The molecule has 7 heterocycles.